The van der Waals surface area contributed by atoms with E-state index in [1.54, 1.807) is 0 Å². The zero-order chi connectivity index (χ0) is 5.61. The second kappa shape index (κ2) is 1.27. The van der Waals surface area contributed by atoms with Gasteiger partial charge in [0.2, 0.25) is 0 Å². The molecule has 2 saturated carbocycles. The van der Waals surface area contributed by atoms with Gasteiger partial charge in [-0.05, 0) is 31.1 Å². The summed E-state index contributed by atoms with van der Waals surface area (Å²) in [5, 5.41) is 9.22. The molecule has 8 heavy (non-hydrogen) atoms. The molecule has 1 heteroatoms. The maximum Gasteiger partial charge on any atom is 0.0596 e. The Balaban J connectivity index is 2.03. The summed E-state index contributed by atoms with van der Waals surface area (Å²) in [5.41, 5.74) is 0.458. The molecule has 2 fully saturated rings. The summed E-state index contributed by atoms with van der Waals surface area (Å²) in [7, 11) is 0. The van der Waals surface area contributed by atoms with Crippen LogP contribution in [0.4, 0.5) is 0 Å². The van der Waals surface area contributed by atoms with Crippen molar-refractivity contribution in [2.75, 3.05) is 0 Å². The number of aliphatic hydroxyl groups is 1. The SMILES string of the molecule is O[C@@H]1CCC12CCC2. The molecule has 0 amide bonds. The molecule has 1 atom stereocenters. The molecule has 1 nitrogen and oxygen atoms in total. The minimum absolute atomic E-state index is 0.0799. The van der Waals surface area contributed by atoms with Gasteiger partial charge in [-0.25, -0.2) is 0 Å². The lowest BCUT2D eigenvalue weighted by molar-refractivity contribution is -0.115. The molecule has 0 bridgehead atoms. The molecule has 0 aliphatic heterocycles. The molecule has 0 saturated heterocycles. The van der Waals surface area contributed by atoms with Crippen LogP contribution in [-0.4, -0.2) is 11.2 Å². The average molecular weight is 112 g/mol. The lowest BCUT2D eigenvalue weighted by atomic mass is 9.54. The first-order chi connectivity index (χ1) is 3.83. The minimum atomic E-state index is 0.0799. The average Bonchev–Trinajstić information content (AvgIpc) is 1.58. The van der Waals surface area contributed by atoms with Crippen LogP contribution in [0.2, 0.25) is 0 Å². The Morgan fingerprint density at radius 1 is 1.25 bits per heavy atom. The second-order valence-corrected chi connectivity index (χ2v) is 3.27. The van der Waals surface area contributed by atoms with E-state index < -0.39 is 0 Å². The first-order valence-electron chi connectivity index (χ1n) is 3.52. The van der Waals surface area contributed by atoms with Crippen molar-refractivity contribution in [2.45, 2.75) is 38.2 Å². The van der Waals surface area contributed by atoms with E-state index in [-0.39, 0.29) is 6.10 Å². The van der Waals surface area contributed by atoms with E-state index in [2.05, 4.69) is 0 Å². The molecule has 0 aromatic rings. The van der Waals surface area contributed by atoms with E-state index in [1.807, 2.05) is 0 Å². The third-order valence-corrected chi connectivity index (χ3v) is 2.97. The van der Waals surface area contributed by atoms with Gasteiger partial charge in [0.1, 0.15) is 0 Å². The number of hydrogen-bond acceptors (Lipinski definition) is 1. The first-order valence-corrected chi connectivity index (χ1v) is 3.52. The van der Waals surface area contributed by atoms with Crippen LogP contribution in [0.25, 0.3) is 0 Å². The fourth-order valence-electron chi connectivity index (χ4n) is 1.90. The molecule has 2 rings (SSSR count). The van der Waals surface area contributed by atoms with Crippen LogP contribution in [0.5, 0.6) is 0 Å². The lowest BCUT2D eigenvalue weighted by Crippen LogP contribution is -2.49. The molecular weight excluding hydrogens is 100 g/mol. The zero-order valence-electron chi connectivity index (χ0n) is 5.06. The largest absolute Gasteiger partial charge is 0.393 e. The van der Waals surface area contributed by atoms with Crippen molar-refractivity contribution in [1.29, 1.82) is 0 Å². The van der Waals surface area contributed by atoms with E-state index >= 15 is 0 Å². The molecule has 0 heterocycles. The van der Waals surface area contributed by atoms with Crippen LogP contribution in [0.3, 0.4) is 0 Å². The third-order valence-electron chi connectivity index (χ3n) is 2.97. The molecule has 0 unspecified atom stereocenters. The molecule has 0 radical (unpaired) electrons. The fourth-order valence-corrected chi connectivity index (χ4v) is 1.90. The van der Waals surface area contributed by atoms with Gasteiger partial charge in [0.05, 0.1) is 6.10 Å². The monoisotopic (exact) mass is 112 g/mol. The molecule has 1 N–H and O–H groups in total. The van der Waals surface area contributed by atoms with Gasteiger partial charge >= 0.3 is 0 Å². The van der Waals surface area contributed by atoms with Crippen LogP contribution >= 0.6 is 0 Å². The minimum Gasteiger partial charge on any atom is -0.393 e. The Morgan fingerprint density at radius 3 is 2.00 bits per heavy atom. The van der Waals surface area contributed by atoms with E-state index in [9.17, 15) is 5.11 Å². The summed E-state index contributed by atoms with van der Waals surface area (Å²) in [6.07, 6.45) is 6.41. The van der Waals surface area contributed by atoms with Crippen molar-refractivity contribution in [2.24, 2.45) is 5.41 Å². The maximum atomic E-state index is 9.22. The number of aliphatic hydroxyl groups excluding tert-OH is 1. The van der Waals surface area contributed by atoms with Crippen molar-refractivity contribution in [3.8, 4) is 0 Å². The van der Waals surface area contributed by atoms with Crippen LogP contribution < -0.4 is 0 Å². The van der Waals surface area contributed by atoms with Gasteiger partial charge < -0.3 is 5.11 Å². The van der Waals surface area contributed by atoms with Crippen LogP contribution in [-0.2, 0) is 0 Å². The summed E-state index contributed by atoms with van der Waals surface area (Å²) in [6.45, 7) is 0. The Morgan fingerprint density at radius 2 is 2.00 bits per heavy atom. The molecule has 46 valence electrons. The Kier molecular flexibility index (Phi) is 0.762. The maximum absolute atomic E-state index is 9.22. The molecule has 1 spiro atoms. The van der Waals surface area contributed by atoms with Crippen molar-refractivity contribution >= 4 is 0 Å². The molecule has 2 aliphatic rings. The van der Waals surface area contributed by atoms with E-state index in [4.69, 9.17) is 0 Å². The molecule has 0 aromatic carbocycles. The van der Waals surface area contributed by atoms with Crippen LogP contribution in [0.1, 0.15) is 32.1 Å². The van der Waals surface area contributed by atoms with Gasteiger partial charge in [0, 0.05) is 0 Å². The van der Waals surface area contributed by atoms with Crippen LogP contribution in [0.15, 0.2) is 0 Å². The van der Waals surface area contributed by atoms with E-state index in [1.165, 1.54) is 25.7 Å². The first kappa shape index (κ1) is 4.80. The highest BCUT2D eigenvalue weighted by Gasteiger charge is 2.49. The van der Waals surface area contributed by atoms with Gasteiger partial charge in [-0.1, -0.05) is 6.42 Å². The Labute approximate surface area is 49.7 Å². The van der Waals surface area contributed by atoms with Gasteiger partial charge in [-0.2, -0.15) is 0 Å². The van der Waals surface area contributed by atoms with Gasteiger partial charge in [0.25, 0.3) is 0 Å². The second-order valence-electron chi connectivity index (χ2n) is 3.27. The van der Waals surface area contributed by atoms with Gasteiger partial charge in [-0.3, -0.25) is 0 Å². The third kappa shape index (κ3) is 0.368. The summed E-state index contributed by atoms with van der Waals surface area (Å²) >= 11 is 0. The van der Waals surface area contributed by atoms with Crippen molar-refractivity contribution in [1.82, 2.24) is 0 Å². The Bertz CT molecular complexity index is 99.4. The summed E-state index contributed by atoms with van der Waals surface area (Å²) in [6, 6.07) is 0. The van der Waals surface area contributed by atoms with E-state index in [0.717, 1.165) is 6.42 Å². The Hall–Kier alpha value is -0.0400. The highest BCUT2D eigenvalue weighted by molar-refractivity contribution is 5.00. The summed E-state index contributed by atoms with van der Waals surface area (Å²) in [4.78, 5) is 0. The van der Waals surface area contributed by atoms with E-state index in [0.29, 0.717) is 5.41 Å². The summed E-state index contributed by atoms with van der Waals surface area (Å²) < 4.78 is 0. The molecule has 2 aliphatic carbocycles. The predicted octanol–water partition coefficient (Wildman–Crippen LogP) is 1.31. The number of hydrogen-bond donors (Lipinski definition) is 1. The summed E-state index contributed by atoms with van der Waals surface area (Å²) in [5.74, 6) is 0. The highest BCUT2D eigenvalue weighted by atomic mass is 16.3. The van der Waals surface area contributed by atoms with Crippen molar-refractivity contribution in [3.63, 3.8) is 0 Å². The standard InChI is InChI=1S/C7H12O/c8-6-2-5-7(6)3-1-4-7/h6,8H,1-5H2/t6-/m1/s1. The smallest absolute Gasteiger partial charge is 0.0596 e. The lowest BCUT2D eigenvalue weighted by Gasteiger charge is -2.53. The molecular formula is C7H12O. The van der Waals surface area contributed by atoms with Gasteiger partial charge in [0.15, 0.2) is 0 Å². The fraction of sp³-hybridized carbons (Fsp3) is 1.00. The van der Waals surface area contributed by atoms with Crippen molar-refractivity contribution < 1.29 is 5.11 Å². The predicted molar refractivity (Wildman–Crippen MR) is 31.5 cm³/mol. The normalized spacial score (nSPS) is 40.9. The number of rotatable bonds is 0. The van der Waals surface area contributed by atoms with Gasteiger partial charge in [-0.15, -0.1) is 0 Å². The molecule has 0 aromatic heterocycles. The highest BCUT2D eigenvalue weighted by Crippen LogP contribution is 2.55. The topological polar surface area (TPSA) is 20.2 Å². The quantitative estimate of drug-likeness (QED) is 0.501. The zero-order valence-corrected chi connectivity index (χ0v) is 5.06. The van der Waals surface area contributed by atoms with Crippen LogP contribution in [0, 0.1) is 5.41 Å². The van der Waals surface area contributed by atoms with Crippen molar-refractivity contribution in [3.05, 3.63) is 0 Å².